The fraction of sp³-hybridized carbons (Fsp3) is 0.400. The molecule has 0 aliphatic heterocycles. The maximum absolute atomic E-state index is 13.7. The maximum atomic E-state index is 13.7. The van der Waals surface area contributed by atoms with Crippen LogP contribution in [0.1, 0.15) is 12.5 Å². The Morgan fingerprint density at radius 1 is 1.53 bits per heavy atom. The summed E-state index contributed by atoms with van der Waals surface area (Å²) in [6.07, 6.45) is -0.852. The fourth-order valence-corrected chi connectivity index (χ4v) is 2.57. The van der Waals surface area contributed by atoms with E-state index in [-0.39, 0.29) is 17.8 Å². The van der Waals surface area contributed by atoms with Gasteiger partial charge in [-0.3, -0.25) is 0 Å². The van der Waals surface area contributed by atoms with Gasteiger partial charge >= 0.3 is 0 Å². The Bertz CT molecular complexity index is 515. The van der Waals surface area contributed by atoms with E-state index in [1.165, 1.54) is 19.9 Å². The second-order valence-corrected chi connectivity index (χ2v) is 5.59. The summed E-state index contributed by atoms with van der Waals surface area (Å²) >= 11 is 0. The number of anilines is 1. The third-order valence-electron chi connectivity index (χ3n) is 2.10. The molecule has 0 bridgehead atoms. The number of nitrogen functional groups attached to an aromatic ring is 1. The molecule has 0 heterocycles. The number of aliphatic hydroxyl groups excluding tert-OH is 1. The molecule has 0 saturated heterocycles. The standard InChI is InChI=1S/C10H15FN2O3S/c1-6-3-8(12)4-9(10(6)11)17(15,16)13-5-7(2)14/h3-4,7,13-14H,5,12H2,1-2H3/t7-/m1/s1. The van der Waals surface area contributed by atoms with Gasteiger partial charge in [-0.25, -0.2) is 17.5 Å². The van der Waals surface area contributed by atoms with Crippen LogP contribution >= 0.6 is 0 Å². The van der Waals surface area contributed by atoms with E-state index in [2.05, 4.69) is 4.72 Å². The highest BCUT2D eigenvalue weighted by molar-refractivity contribution is 7.89. The zero-order valence-electron chi connectivity index (χ0n) is 9.57. The molecule has 0 unspecified atom stereocenters. The molecular weight excluding hydrogens is 247 g/mol. The number of sulfonamides is 1. The molecule has 0 fully saturated rings. The Balaban J connectivity index is 3.15. The third-order valence-corrected chi connectivity index (χ3v) is 3.52. The van der Waals surface area contributed by atoms with Crippen LogP contribution in [-0.2, 0) is 10.0 Å². The Labute approximate surface area is 99.5 Å². The van der Waals surface area contributed by atoms with Crippen LogP contribution in [0.25, 0.3) is 0 Å². The van der Waals surface area contributed by atoms with Crippen molar-refractivity contribution in [3.63, 3.8) is 0 Å². The molecular formula is C10H15FN2O3S. The molecule has 17 heavy (non-hydrogen) atoms. The minimum atomic E-state index is -4.00. The molecule has 5 nitrogen and oxygen atoms in total. The lowest BCUT2D eigenvalue weighted by Crippen LogP contribution is -2.31. The van der Waals surface area contributed by atoms with E-state index >= 15 is 0 Å². The van der Waals surface area contributed by atoms with Crippen LogP contribution < -0.4 is 10.5 Å². The van der Waals surface area contributed by atoms with Crippen LogP contribution in [0.4, 0.5) is 10.1 Å². The van der Waals surface area contributed by atoms with Gasteiger partial charge in [0.15, 0.2) is 0 Å². The summed E-state index contributed by atoms with van der Waals surface area (Å²) in [5.74, 6) is -0.836. The van der Waals surface area contributed by atoms with Gasteiger partial charge in [0.2, 0.25) is 10.0 Å². The number of benzene rings is 1. The van der Waals surface area contributed by atoms with Crippen molar-refractivity contribution in [1.82, 2.24) is 4.72 Å². The monoisotopic (exact) mass is 262 g/mol. The van der Waals surface area contributed by atoms with Crippen molar-refractivity contribution < 1.29 is 17.9 Å². The summed E-state index contributed by atoms with van der Waals surface area (Å²) in [5.41, 5.74) is 5.80. The average molecular weight is 262 g/mol. The van der Waals surface area contributed by atoms with Gasteiger partial charge in [0.25, 0.3) is 0 Å². The van der Waals surface area contributed by atoms with Gasteiger partial charge in [0.05, 0.1) is 6.10 Å². The predicted octanol–water partition coefficient (Wildman–Crippen LogP) is 0.375. The van der Waals surface area contributed by atoms with Crippen molar-refractivity contribution in [3.05, 3.63) is 23.5 Å². The van der Waals surface area contributed by atoms with E-state index in [4.69, 9.17) is 10.8 Å². The number of rotatable bonds is 4. The summed E-state index contributed by atoms with van der Waals surface area (Å²) in [5, 5.41) is 9.00. The van der Waals surface area contributed by atoms with Crippen molar-refractivity contribution in [2.45, 2.75) is 24.8 Å². The lowest BCUT2D eigenvalue weighted by molar-refractivity contribution is 0.198. The maximum Gasteiger partial charge on any atom is 0.243 e. The quantitative estimate of drug-likeness (QED) is 0.684. The molecule has 1 atom stereocenters. The normalized spacial score (nSPS) is 13.6. The molecule has 1 aromatic rings. The van der Waals surface area contributed by atoms with E-state index in [0.29, 0.717) is 0 Å². The van der Waals surface area contributed by atoms with E-state index in [1.54, 1.807) is 0 Å². The first-order valence-corrected chi connectivity index (χ1v) is 6.45. The minimum Gasteiger partial charge on any atom is -0.399 e. The number of hydrogen-bond acceptors (Lipinski definition) is 4. The Kier molecular flexibility index (Phi) is 4.07. The van der Waals surface area contributed by atoms with E-state index < -0.39 is 26.8 Å². The Morgan fingerprint density at radius 3 is 2.65 bits per heavy atom. The van der Waals surface area contributed by atoms with Crippen molar-refractivity contribution in [3.8, 4) is 0 Å². The number of halogens is 1. The number of aliphatic hydroxyl groups is 1. The summed E-state index contributed by atoms with van der Waals surface area (Å²) in [6, 6.07) is 2.40. The Morgan fingerprint density at radius 2 is 2.12 bits per heavy atom. The first-order valence-electron chi connectivity index (χ1n) is 4.97. The number of aryl methyl sites for hydroxylation is 1. The molecule has 0 saturated carbocycles. The van der Waals surface area contributed by atoms with Crippen LogP contribution in [0.3, 0.4) is 0 Å². The summed E-state index contributed by atoms with van der Waals surface area (Å²) in [4.78, 5) is -0.504. The topological polar surface area (TPSA) is 92.4 Å². The van der Waals surface area contributed by atoms with Gasteiger partial charge in [-0.15, -0.1) is 0 Å². The first kappa shape index (κ1) is 13.9. The van der Waals surface area contributed by atoms with Crippen LogP contribution in [0.2, 0.25) is 0 Å². The van der Waals surface area contributed by atoms with Gasteiger partial charge in [-0.1, -0.05) is 0 Å². The van der Waals surface area contributed by atoms with Crippen LogP contribution in [0, 0.1) is 12.7 Å². The summed E-state index contributed by atoms with van der Waals surface area (Å²) in [7, 11) is -4.00. The number of nitrogens with one attached hydrogen (secondary N) is 1. The smallest absolute Gasteiger partial charge is 0.243 e. The molecule has 96 valence electrons. The SMILES string of the molecule is Cc1cc(N)cc(S(=O)(=O)NC[C@@H](C)O)c1F. The molecule has 0 radical (unpaired) electrons. The van der Waals surface area contributed by atoms with Gasteiger partial charge in [-0.2, -0.15) is 0 Å². The molecule has 0 aromatic heterocycles. The number of nitrogens with two attached hydrogens (primary N) is 1. The fourth-order valence-electron chi connectivity index (χ4n) is 1.27. The van der Waals surface area contributed by atoms with Gasteiger partial charge in [-0.05, 0) is 31.5 Å². The van der Waals surface area contributed by atoms with Crippen LogP contribution in [-0.4, -0.2) is 26.2 Å². The van der Waals surface area contributed by atoms with Gasteiger partial charge < -0.3 is 10.8 Å². The molecule has 0 aliphatic carbocycles. The average Bonchev–Trinajstić information content (AvgIpc) is 2.20. The van der Waals surface area contributed by atoms with Crippen LogP contribution in [0.15, 0.2) is 17.0 Å². The molecule has 0 amide bonds. The van der Waals surface area contributed by atoms with Crippen molar-refractivity contribution in [1.29, 1.82) is 0 Å². The highest BCUT2D eigenvalue weighted by Crippen LogP contribution is 2.21. The second-order valence-electron chi connectivity index (χ2n) is 3.85. The lowest BCUT2D eigenvalue weighted by Gasteiger charge is -2.11. The molecule has 1 rings (SSSR count). The second kappa shape index (κ2) is 4.99. The zero-order valence-corrected chi connectivity index (χ0v) is 10.4. The highest BCUT2D eigenvalue weighted by atomic mass is 32.2. The van der Waals surface area contributed by atoms with E-state index in [0.717, 1.165) is 6.07 Å². The first-order chi connectivity index (χ1) is 7.74. The molecule has 1 aromatic carbocycles. The molecule has 0 spiro atoms. The summed E-state index contributed by atoms with van der Waals surface area (Å²) < 4.78 is 39.2. The number of hydrogen-bond donors (Lipinski definition) is 3. The largest absolute Gasteiger partial charge is 0.399 e. The molecule has 7 heteroatoms. The van der Waals surface area contributed by atoms with Crippen molar-refractivity contribution >= 4 is 15.7 Å². The lowest BCUT2D eigenvalue weighted by atomic mass is 10.2. The zero-order chi connectivity index (χ0) is 13.2. The minimum absolute atomic E-state index is 0.155. The highest BCUT2D eigenvalue weighted by Gasteiger charge is 2.21. The molecule has 4 N–H and O–H groups in total. The third kappa shape index (κ3) is 3.39. The van der Waals surface area contributed by atoms with Crippen LogP contribution in [0.5, 0.6) is 0 Å². The summed E-state index contributed by atoms with van der Waals surface area (Å²) in [6.45, 7) is 2.67. The Hall–Kier alpha value is -1.18. The molecule has 0 aliphatic rings. The van der Waals surface area contributed by atoms with E-state index in [1.807, 2.05) is 0 Å². The van der Waals surface area contributed by atoms with Gasteiger partial charge in [0, 0.05) is 12.2 Å². The predicted molar refractivity (Wildman–Crippen MR) is 62.4 cm³/mol. The van der Waals surface area contributed by atoms with Crippen molar-refractivity contribution in [2.24, 2.45) is 0 Å². The van der Waals surface area contributed by atoms with Gasteiger partial charge in [0.1, 0.15) is 10.7 Å². The van der Waals surface area contributed by atoms with Crippen molar-refractivity contribution in [2.75, 3.05) is 12.3 Å². The van der Waals surface area contributed by atoms with E-state index in [9.17, 15) is 12.8 Å².